The lowest BCUT2D eigenvalue weighted by atomic mass is 9.95. The maximum Gasteiger partial charge on any atom is 0.139 e. The van der Waals surface area contributed by atoms with E-state index < -0.39 is 0 Å². The highest BCUT2D eigenvalue weighted by Crippen LogP contribution is 2.27. The monoisotopic (exact) mass is 290 g/mol. The van der Waals surface area contributed by atoms with Crippen molar-refractivity contribution in [2.45, 2.75) is 33.1 Å². The third-order valence-corrected chi connectivity index (χ3v) is 3.21. The Morgan fingerprint density at radius 1 is 1.10 bits per heavy atom. The lowest BCUT2D eigenvalue weighted by Crippen LogP contribution is -2.18. The molecule has 20 heavy (non-hydrogen) atoms. The Balaban J connectivity index is 2.40. The summed E-state index contributed by atoms with van der Waals surface area (Å²) in [4.78, 5) is 8.95. The Morgan fingerprint density at radius 3 is 2.25 bits per heavy atom. The van der Waals surface area contributed by atoms with E-state index in [2.05, 4.69) is 36.1 Å². The second kappa shape index (κ2) is 5.29. The van der Waals surface area contributed by atoms with E-state index in [-0.39, 0.29) is 5.41 Å². The Morgan fingerprint density at radius 2 is 1.70 bits per heavy atom. The number of rotatable bonds is 2. The van der Waals surface area contributed by atoms with Crippen molar-refractivity contribution in [2.75, 3.05) is 11.1 Å². The summed E-state index contributed by atoms with van der Waals surface area (Å²) >= 11 is 5.88. The summed E-state index contributed by atoms with van der Waals surface area (Å²) < 4.78 is 0. The molecule has 4 nitrogen and oxygen atoms in total. The number of nitrogens with zero attached hydrogens (tertiary/aromatic N) is 2. The van der Waals surface area contributed by atoms with Gasteiger partial charge in [0.1, 0.15) is 17.5 Å². The molecule has 106 valence electrons. The van der Waals surface area contributed by atoms with Crippen LogP contribution < -0.4 is 11.1 Å². The summed E-state index contributed by atoms with van der Waals surface area (Å²) in [5.74, 6) is 1.95. The van der Waals surface area contributed by atoms with Crippen molar-refractivity contribution in [2.24, 2.45) is 0 Å². The van der Waals surface area contributed by atoms with Gasteiger partial charge in [-0.1, -0.05) is 32.4 Å². The van der Waals surface area contributed by atoms with Gasteiger partial charge in [0.05, 0.1) is 0 Å². The molecule has 1 aromatic carbocycles. The van der Waals surface area contributed by atoms with Crippen LogP contribution in [0.5, 0.6) is 0 Å². The molecule has 0 unspecified atom stereocenters. The maximum absolute atomic E-state index is 5.98. The van der Waals surface area contributed by atoms with Crippen LogP contribution in [0.3, 0.4) is 0 Å². The fourth-order valence-corrected chi connectivity index (χ4v) is 1.79. The molecule has 0 radical (unpaired) electrons. The van der Waals surface area contributed by atoms with Crippen LogP contribution in [0.15, 0.2) is 24.3 Å². The van der Waals surface area contributed by atoms with Gasteiger partial charge in [0.2, 0.25) is 0 Å². The maximum atomic E-state index is 5.98. The quantitative estimate of drug-likeness (QED) is 0.875. The average Bonchev–Trinajstić information content (AvgIpc) is 2.36. The molecular weight excluding hydrogens is 272 g/mol. The van der Waals surface area contributed by atoms with Crippen molar-refractivity contribution in [3.05, 3.63) is 40.7 Å². The van der Waals surface area contributed by atoms with E-state index >= 15 is 0 Å². The van der Waals surface area contributed by atoms with Crippen molar-refractivity contribution in [1.29, 1.82) is 0 Å². The molecule has 5 heteroatoms. The summed E-state index contributed by atoms with van der Waals surface area (Å²) in [5.41, 5.74) is 7.58. The SMILES string of the molecule is Cc1c(N)nc(C(C)(C)C)nc1Nc1ccc(Cl)cc1. The van der Waals surface area contributed by atoms with E-state index in [0.717, 1.165) is 22.9 Å². The van der Waals surface area contributed by atoms with Crippen molar-refractivity contribution in [1.82, 2.24) is 9.97 Å². The number of hydrogen-bond acceptors (Lipinski definition) is 4. The molecule has 3 N–H and O–H groups in total. The summed E-state index contributed by atoms with van der Waals surface area (Å²) in [5, 5.41) is 3.96. The molecule has 0 saturated heterocycles. The number of nitrogens with one attached hydrogen (secondary N) is 1. The van der Waals surface area contributed by atoms with E-state index in [1.165, 1.54) is 0 Å². The number of nitrogens with two attached hydrogens (primary N) is 1. The topological polar surface area (TPSA) is 63.8 Å². The molecule has 0 amide bonds. The van der Waals surface area contributed by atoms with Crippen molar-refractivity contribution in [3.8, 4) is 0 Å². The fourth-order valence-electron chi connectivity index (χ4n) is 1.66. The highest BCUT2D eigenvalue weighted by atomic mass is 35.5. The molecule has 0 fully saturated rings. The van der Waals surface area contributed by atoms with Crippen LogP contribution in [-0.4, -0.2) is 9.97 Å². The number of anilines is 3. The second-order valence-electron chi connectivity index (χ2n) is 5.79. The van der Waals surface area contributed by atoms with Gasteiger partial charge in [-0.05, 0) is 31.2 Å². The first-order chi connectivity index (χ1) is 9.27. The normalized spacial score (nSPS) is 11.4. The number of nitrogen functional groups attached to an aromatic ring is 1. The van der Waals surface area contributed by atoms with Gasteiger partial charge in [-0.2, -0.15) is 0 Å². The van der Waals surface area contributed by atoms with Gasteiger partial charge in [-0.3, -0.25) is 0 Å². The standard InChI is InChI=1S/C15H19ClN4/c1-9-12(17)19-14(15(2,3)4)20-13(9)18-11-7-5-10(16)6-8-11/h5-8H,1-4H3,(H3,17,18,19,20). The zero-order valence-corrected chi connectivity index (χ0v) is 12.9. The molecule has 0 saturated carbocycles. The molecular formula is C15H19ClN4. The van der Waals surface area contributed by atoms with Gasteiger partial charge in [0, 0.05) is 21.7 Å². The molecule has 2 rings (SSSR count). The number of aromatic nitrogens is 2. The van der Waals surface area contributed by atoms with Crippen LogP contribution in [0.1, 0.15) is 32.2 Å². The average molecular weight is 291 g/mol. The van der Waals surface area contributed by atoms with Gasteiger partial charge in [-0.25, -0.2) is 9.97 Å². The summed E-state index contributed by atoms with van der Waals surface area (Å²) in [7, 11) is 0. The summed E-state index contributed by atoms with van der Waals surface area (Å²) in [6, 6.07) is 7.45. The van der Waals surface area contributed by atoms with Gasteiger partial charge in [0.25, 0.3) is 0 Å². The molecule has 0 aliphatic rings. The van der Waals surface area contributed by atoms with Crippen LogP contribution >= 0.6 is 11.6 Å². The Kier molecular flexibility index (Phi) is 3.86. The molecule has 1 aromatic heterocycles. The van der Waals surface area contributed by atoms with Crippen LogP contribution in [-0.2, 0) is 5.41 Å². The highest BCUT2D eigenvalue weighted by Gasteiger charge is 2.20. The van der Waals surface area contributed by atoms with E-state index in [1.807, 2.05) is 31.2 Å². The predicted octanol–water partition coefficient (Wildman–Crippen LogP) is 4.06. The van der Waals surface area contributed by atoms with Crippen LogP contribution in [0.2, 0.25) is 5.02 Å². The molecule has 2 aromatic rings. The third kappa shape index (κ3) is 3.20. The van der Waals surface area contributed by atoms with Crippen molar-refractivity contribution >= 4 is 28.9 Å². The minimum atomic E-state index is -0.155. The first kappa shape index (κ1) is 14.6. The number of hydrogen-bond donors (Lipinski definition) is 2. The second-order valence-corrected chi connectivity index (χ2v) is 6.22. The lowest BCUT2D eigenvalue weighted by molar-refractivity contribution is 0.546. The van der Waals surface area contributed by atoms with Crippen LogP contribution in [0, 0.1) is 6.92 Å². The van der Waals surface area contributed by atoms with Gasteiger partial charge in [0.15, 0.2) is 0 Å². The fraction of sp³-hybridized carbons (Fsp3) is 0.333. The van der Waals surface area contributed by atoms with Gasteiger partial charge in [-0.15, -0.1) is 0 Å². The van der Waals surface area contributed by atoms with Crippen molar-refractivity contribution in [3.63, 3.8) is 0 Å². The third-order valence-electron chi connectivity index (χ3n) is 2.96. The molecule has 0 spiro atoms. The molecule has 0 aliphatic heterocycles. The van der Waals surface area contributed by atoms with Gasteiger partial charge >= 0.3 is 0 Å². The first-order valence-electron chi connectivity index (χ1n) is 6.44. The molecule has 0 bridgehead atoms. The van der Waals surface area contributed by atoms with E-state index in [0.29, 0.717) is 10.8 Å². The van der Waals surface area contributed by atoms with Crippen LogP contribution in [0.25, 0.3) is 0 Å². The number of halogens is 1. The first-order valence-corrected chi connectivity index (χ1v) is 6.82. The zero-order valence-electron chi connectivity index (χ0n) is 12.2. The molecule has 0 aliphatic carbocycles. The smallest absolute Gasteiger partial charge is 0.139 e. The van der Waals surface area contributed by atoms with Gasteiger partial charge < -0.3 is 11.1 Å². The predicted molar refractivity (Wildman–Crippen MR) is 84.6 cm³/mol. The van der Waals surface area contributed by atoms with Crippen LogP contribution in [0.4, 0.5) is 17.3 Å². The minimum absolute atomic E-state index is 0.155. The zero-order chi connectivity index (χ0) is 14.9. The molecule has 1 heterocycles. The lowest BCUT2D eigenvalue weighted by Gasteiger charge is -2.19. The van der Waals surface area contributed by atoms with E-state index in [1.54, 1.807) is 0 Å². The largest absolute Gasteiger partial charge is 0.383 e. The summed E-state index contributed by atoms with van der Waals surface area (Å²) in [6.45, 7) is 8.08. The van der Waals surface area contributed by atoms with E-state index in [9.17, 15) is 0 Å². The highest BCUT2D eigenvalue weighted by molar-refractivity contribution is 6.30. The minimum Gasteiger partial charge on any atom is -0.383 e. The molecule has 0 atom stereocenters. The number of benzene rings is 1. The van der Waals surface area contributed by atoms with Crippen molar-refractivity contribution < 1.29 is 0 Å². The summed E-state index contributed by atoms with van der Waals surface area (Å²) in [6.07, 6.45) is 0. The van der Waals surface area contributed by atoms with E-state index in [4.69, 9.17) is 17.3 Å². The Hall–Kier alpha value is -1.81. The Bertz CT molecular complexity index is 615. The Labute approximate surface area is 124 Å².